The van der Waals surface area contributed by atoms with E-state index in [4.69, 9.17) is 0 Å². The first kappa shape index (κ1) is 11.8. The first-order chi connectivity index (χ1) is 6.75. The third-order valence-corrected chi connectivity index (χ3v) is 3.34. The molecule has 80 valence electrons. The molecule has 1 aromatic heterocycles. The fourth-order valence-electron chi connectivity index (χ4n) is 1.25. The molecule has 0 bridgehead atoms. The van der Waals surface area contributed by atoms with Crippen LogP contribution in [-0.2, 0) is 6.54 Å². The lowest BCUT2D eigenvalue weighted by Crippen LogP contribution is -2.12. The lowest BCUT2D eigenvalue weighted by atomic mass is 10.2. The number of hydrogen-bond donors (Lipinski definition) is 1. The molecule has 1 heterocycles. The highest BCUT2D eigenvalue weighted by Crippen LogP contribution is 2.11. The average Bonchev–Trinajstić information content (AvgIpc) is 2.48. The molecule has 1 aromatic rings. The predicted molar refractivity (Wildman–Crippen MR) is 62.5 cm³/mol. The lowest BCUT2D eigenvalue weighted by Gasteiger charge is -2.02. The monoisotopic (exact) mass is 279 g/mol. The van der Waals surface area contributed by atoms with Gasteiger partial charge in [-0.05, 0) is 12.8 Å². The molecule has 0 saturated heterocycles. The van der Waals surface area contributed by atoms with E-state index in [9.17, 15) is 9.90 Å². The molecule has 14 heavy (non-hydrogen) atoms. The molecule has 0 aliphatic rings. The first-order valence-electron chi connectivity index (χ1n) is 4.69. The molecule has 0 aliphatic carbocycles. The van der Waals surface area contributed by atoms with E-state index >= 15 is 0 Å². The molecule has 0 amide bonds. The van der Waals surface area contributed by atoms with Crippen LogP contribution in [0.1, 0.15) is 25.7 Å². The van der Waals surface area contributed by atoms with Crippen LogP contribution in [0, 0.1) is 0 Å². The molecule has 0 unspecified atom stereocenters. The number of rotatable bonds is 6. The maximum Gasteiger partial charge on any atom is 0.309 e. The van der Waals surface area contributed by atoms with Crippen LogP contribution in [0.2, 0.25) is 0 Å². The van der Waals surface area contributed by atoms with E-state index in [-0.39, 0.29) is 10.8 Å². The molecule has 1 rings (SSSR count). The summed E-state index contributed by atoms with van der Waals surface area (Å²) in [6.07, 6.45) is 4.40. The Morgan fingerprint density at radius 2 is 2.07 bits per heavy atom. The van der Waals surface area contributed by atoms with Gasteiger partial charge >= 0.3 is 4.87 Å². The van der Waals surface area contributed by atoms with Crippen LogP contribution in [0.25, 0.3) is 0 Å². The molecule has 0 aromatic carbocycles. The van der Waals surface area contributed by atoms with Gasteiger partial charge in [-0.15, -0.1) is 0 Å². The quantitative estimate of drug-likeness (QED) is 0.643. The largest absolute Gasteiger partial charge is 0.494 e. The Balaban J connectivity index is 2.28. The van der Waals surface area contributed by atoms with Crippen molar-refractivity contribution in [1.82, 2.24) is 4.57 Å². The van der Waals surface area contributed by atoms with Crippen LogP contribution in [0.4, 0.5) is 0 Å². The van der Waals surface area contributed by atoms with Gasteiger partial charge in [-0.25, -0.2) is 0 Å². The summed E-state index contributed by atoms with van der Waals surface area (Å²) in [6.45, 7) is 0.635. The zero-order valence-corrected chi connectivity index (χ0v) is 10.3. The number of unbranched alkanes of at least 4 members (excludes halogenated alkanes) is 3. The highest BCUT2D eigenvalue weighted by atomic mass is 79.9. The van der Waals surface area contributed by atoms with Gasteiger partial charge in [0.1, 0.15) is 0 Å². The second kappa shape index (κ2) is 6.24. The van der Waals surface area contributed by atoms with Crippen LogP contribution in [-0.4, -0.2) is 15.0 Å². The van der Waals surface area contributed by atoms with E-state index in [1.807, 2.05) is 0 Å². The van der Waals surface area contributed by atoms with Gasteiger partial charge in [0, 0.05) is 11.9 Å². The summed E-state index contributed by atoms with van der Waals surface area (Å²) in [5, 5.41) is 11.8. The predicted octanol–water partition coefficient (Wildman–Crippen LogP) is 2.57. The van der Waals surface area contributed by atoms with E-state index in [1.54, 1.807) is 0 Å². The van der Waals surface area contributed by atoms with Crippen molar-refractivity contribution in [1.29, 1.82) is 0 Å². The Bertz CT molecular complexity index is 321. The van der Waals surface area contributed by atoms with Gasteiger partial charge in [0.25, 0.3) is 0 Å². The minimum Gasteiger partial charge on any atom is -0.494 e. The fraction of sp³-hybridized carbons (Fsp3) is 0.667. The highest BCUT2D eigenvalue weighted by Gasteiger charge is 2.03. The molecular weight excluding hydrogens is 266 g/mol. The zero-order chi connectivity index (χ0) is 10.4. The molecular formula is C9H14BrNO2S. The maximum atomic E-state index is 11.2. The van der Waals surface area contributed by atoms with E-state index in [0.717, 1.165) is 29.5 Å². The summed E-state index contributed by atoms with van der Waals surface area (Å²) in [4.78, 5) is 11.1. The second-order valence-electron chi connectivity index (χ2n) is 3.11. The summed E-state index contributed by atoms with van der Waals surface area (Å²) >= 11 is 4.42. The fourth-order valence-corrected chi connectivity index (χ4v) is 2.29. The molecule has 0 fully saturated rings. The molecule has 0 radical (unpaired) electrons. The Morgan fingerprint density at radius 3 is 2.64 bits per heavy atom. The van der Waals surface area contributed by atoms with Gasteiger partial charge in [0.2, 0.25) is 5.88 Å². The van der Waals surface area contributed by atoms with Gasteiger partial charge in [0.15, 0.2) is 0 Å². The minimum atomic E-state index is -0.0667. The van der Waals surface area contributed by atoms with Gasteiger partial charge < -0.3 is 5.11 Å². The number of hydrogen-bond acceptors (Lipinski definition) is 3. The normalized spacial score (nSPS) is 10.6. The Kier molecular flexibility index (Phi) is 5.25. The molecule has 0 aliphatic heterocycles. The van der Waals surface area contributed by atoms with Crippen molar-refractivity contribution in [3.05, 3.63) is 15.0 Å². The van der Waals surface area contributed by atoms with Crippen molar-refractivity contribution in [2.24, 2.45) is 0 Å². The zero-order valence-electron chi connectivity index (χ0n) is 7.91. The molecule has 0 spiro atoms. The summed E-state index contributed by atoms with van der Waals surface area (Å²) in [6, 6.07) is 0. The number of aromatic hydroxyl groups is 1. The van der Waals surface area contributed by atoms with Crippen molar-refractivity contribution in [3.8, 4) is 5.88 Å². The lowest BCUT2D eigenvalue weighted by molar-refractivity contribution is 0.406. The van der Waals surface area contributed by atoms with Gasteiger partial charge in [-0.2, -0.15) is 0 Å². The number of aromatic nitrogens is 1. The first-order valence-corrected chi connectivity index (χ1v) is 6.69. The second-order valence-corrected chi connectivity index (χ2v) is 4.73. The highest BCUT2D eigenvalue weighted by molar-refractivity contribution is 9.09. The van der Waals surface area contributed by atoms with E-state index in [0.29, 0.717) is 6.54 Å². The Hall–Kier alpha value is -0.290. The van der Waals surface area contributed by atoms with Crippen molar-refractivity contribution in [2.45, 2.75) is 32.2 Å². The van der Waals surface area contributed by atoms with E-state index in [2.05, 4.69) is 15.9 Å². The van der Waals surface area contributed by atoms with Gasteiger partial charge in [-0.3, -0.25) is 9.36 Å². The van der Waals surface area contributed by atoms with Crippen LogP contribution < -0.4 is 4.87 Å². The number of halogens is 1. The van der Waals surface area contributed by atoms with Gasteiger partial charge in [-0.1, -0.05) is 40.1 Å². The summed E-state index contributed by atoms with van der Waals surface area (Å²) in [5.41, 5.74) is 0. The smallest absolute Gasteiger partial charge is 0.309 e. The van der Waals surface area contributed by atoms with Crippen molar-refractivity contribution >= 4 is 27.3 Å². The molecule has 1 N–H and O–H groups in total. The summed E-state index contributed by atoms with van der Waals surface area (Å²) in [7, 11) is 0. The van der Waals surface area contributed by atoms with Crippen LogP contribution in [0.3, 0.4) is 0 Å². The summed E-state index contributed by atoms with van der Waals surface area (Å²) in [5.74, 6) is 0.0977. The third-order valence-electron chi connectivity index (χ3n) is 2.03. The molecule has 0 atom stereocenters. The van der Waals surface area contributed by atoms with Crippen molar-refractivity contribution < 1.29 is 5.11 Å². The van der Waals surface area contributed by atoms with Crippen LogP contribution >= 0.6 is 27.3 Å². The molecule has 0 saturated carbocycles. The van der Waals surface area contributed by atoms with E-state index < -0.39 is 0 Å². The van der Waals surface area contributed by atoms with Crippen molar-refractivity contribution in [3.63, 3.8) is 0 Å². The van der Waals surface area contributed by atoms with Crippen LogP contribution in [0.15, 0.2) is 10.2 Å². The molecule has 5 heteroatoms. The third kappa shape index (κ3) is 3.46. The summed E-state index contributed by atoms with van der Waals surface area (Å²) < 4.78 is 1.43. The topological polar surface area (TPSA) is 42.2 Å². The number of alkyl halides is 1. The van der Waals surface area contributed by atoms with Crippen LogP contribution in [0.5, 0.6) is 5.88 Å². The number of nitrogens with zero attached hydrogens (tertiary/aromatic N) is 1. The van der Waals surface area contributed by atoms with E-state index in [1.165, 1.54) is 22.8 Å². The Morgan fingerprint density at radius 1 is 1.36 bits per heavy atom. The molecule has 3 nitrogen and oxygen atoms in total. The standard InChI is InChI=1S/C9H14BrNO2S/c10-5-3-1-2-4-6-11-8(12)7-14-9(11)13/h7,12H,1-6H2. The maximum absolute atomic E-state index is 11.2. The SMILES string of the molecule is O=c1scc(O)n1CCCCCCBr. The minimum absolute atomic E-state index is 0.0667. The van der Waals surface area contributed by atoms with Crippen molar-refractivity contribution in [2.75, 3.05) is 5.33 Å². The number of thiazole rings is 1. The van der Waals surface area contributed by atoms with Gasteiger partial charge in [0.05, 0.1) is 5.38 Å². The Labute approximate surface area is 95.5 Å². The average molecular weight is 280 g/mol.